The summed E-state index contributed by atoms with van der Waals surface area (Å²) in [5, 5.41) is 10.9. The van der Waals surface area contributed by atoms with Crippen LogP contribution in [-0.4, -0.2) is 47.4 Å². The Balaban J connectivity index is 1.52. The van der Waals surface area contributed by atoms with Gasteiger partial charge in [-0.05, 0) is 75.8 Å². The molecule has 3 aromatic rings. The minimum absolute atomic E-state index is 0.137. The average molecular weight is 639 g/mol. The van der Waals surface area contributed by atoms with Gasteiger partial charge in [0, 0.05) is 24.7 Å². The van der Waals surface area contributed by atoms with Crippen molar-refractivity contribution < 1.29 is 33.7 Å². The molecule has 0 spiro atoms. The molecule has 0 aliphatic heterocycles. The van der Waals surface area contributed by atoms with Crippen LogP contribution in [0.3, 0.4) is 0 Å². The molecule has 0 saturated heterocycles. The van der Waals surface area contributed by atoms with Crippen molar-refractivity contribution in [1.29, 1.82) is 0 Å². The van der Waals surface area contributed by atoms with Crippen LogP contribution in [0, 0.1) is 11.8 Å². The predicted molar refractivity (Wildman–Crippen MR) is 182 cm³/mol. The molecule has 1 N–H and O–H groups in total. The zero-order chi connectivity index (χ0) is 33.4. The summed E-state index contributed by atoms with van der Waals surface area (Å²) < 4.78 is 17.4. The van der Waals surface area contributed by atoms with Crippen molar-refractivity contribution in [3.8, 4) is 0 Å². The van der Waals surface area contributed by atoms with E-state index in [1.807, 2.05) is 74.5 Å². The van der Waals surface area contributed by atoms with Crippen molar-refractivity contribution in [2.24, 2.45) is 11.8 Å². The van der Waals surface area contributed by atoms with Gasteiger partial charge in [0.05, 0.1) is 23.3 Å². The molecule has 0 aromatic heterocycles. The number of aliphatic hydroxyl groups is 1. The van der Waals surface area contributed by atoms with Gasteiger partial charge in [0.15, 0.2) is 0 Å². The maximum absolute atomic E-state index is 13.2. The lowest BCUT2D eigenvalue weighted by Gasteiger charge is -2.24. The number of aryl methyl sites for hydroxylation is 1. The molecule has 248 valence electrons. The van der Waals surface area contributed by atoms with Crippen LogP contribution in [0.1, 0.15) is 78.7 Å². The molecule has 7 nitrogen and oxygen atoms in total. The Morgan fingerprint density at radius 2 is 1.38 bits per heavy atom. The lowest BCUT2D eigenvalue weighted by atomic mass is 9.89. The summed E-state index contributed by atoms with van der Waals surface area (Å²) in [5.74, 6) is -1.62. The lowest BCUT2D eigenvalue weighted by molar-refractivity contribution is -0.147. The van der Waals surface area contributed by atoms with Gasteiger partial charge in [-0.1, -0.05) is 91.0 Å². The highest BCUT2D eigenvalue weighted by molar-refractivity contribution is 5.90. The first kappa shape index (κ1) is 35.4. The highest BCUT2D eigenvalue weighted by Gasteiger charge is 2.45. The van der Waals surface area contributed by atoms with Gasteiger partial charge in [-0.15, -0.1) is 0 Å². The standard InChI is InChI=1S/C40H46O7/c1-29(2)45-38(42)23-15-4-3-14-22-34-35(27-26-33(41)25-24-30-16-8-5-9-17-30)37(47-40(44)32-20-12-7-13-21-32)28-36(34)46-39(43)31-18-10-6-11-19-31/h3,5-14,16-21,26-27,29,33-37,41H,4,15,22-25,28H2,1-2H3/b14-3-,27-26+/t33?,34-,35-,36+,37-/m0/s1. The minimum Gasteiger partial charge on any atom is -0.463 e. The molecule has 1 unspecified atom stereocenters. The Hall–Kier alpha value is -4.49. The van der Waals surface area contributed by atoms with Crippen LogP contribution >= 0.6 is 0 Å². The summed E-state index contributed by atoms with van der Waals surface area (Å²) in [5.41, 5.74) is 2.03. The second kappa shape index (κ2) is 18.6. The molecule has 0 heterocycles. The maximum Gasteiger partial charge on any atom is 0.338 e. The summed E-state index contributed by atoms with van der Waals surface area (Å²) >= 11 is 0. The van der Waals surface area contributed by atoms with Gasteiger partial charge in [0.1, 0.15) is 12.2 Å². The number of esters is 3. The maximum atomic E-state index is 13.2. The van der Waals surface area contributed by atoms with E-state index in [1.165, 1.54) is 0 Å². The second-order valence-electron chi connectivity index (χ2n) is 12.2. The molecule has 3 aromatic carbocycles. The smallest absolute Gasteiger partial charge is 0.338 e. The Kier molecular flexibility index (Phi) is 14.0. The van der Waals surface area contributed by atoms with Crippen molar-refractivity contribution >= 4 is 17.9 Å². The topological polar surface area (TPSA) is 99.1 Å². The van der Waals surface area contributed by atoms with Crippen molar-refractivity contribution in [3.63, 3.8) is 0 Å². The molecule has 1 aliphatic rings. The fourth-order valence-electron chi connectivity index (χ4n) is 5.85. The lowest BCUT2D eigenvalue weighted by Crippen LogP contribution is -2.26. The quantitative estimate of drug-likeness (QED) is 0.0743. The molecule has 0 amide bonds. The molecule has 0 radical (unpaired) electrons. The number of benzene rings is 3. The molecule has 1 saturated carbocycles. The molecule has 0 bridgehead atoms. The van der Waals surface area contributed by atoms with E-state index >= 15 is 0 Å². The van der Waals surface area contributed by atoms with Gasteiger partial charge in [0.25, 0.3) is 0 Å². The molecular formula is C40H46O7. The molecular weight excluding hydrogens is 592 g/mol. The SMILES string of the molecule is CC(C)OC(=O)CCC/C=C\C[C@H]1[C@H](/C=C/C(O)CCc2ccccc2)[C@@H](OC(=O)c2ccccc2)C[C@H]1OC(=O)c1ccccc1. The van der Waals surface area contributed by atoms with Crippen LogP contribution in [0.25, 0.3) is 0 Å². The third kappa shape index (κ3) is 11.7. The zero-order valence-corrected chi connectivity index (χ0v) is 27.3. The van der Waals surface area contributed by atoms with Gasteiger partial charge in [-0.2, -0.15) is 0 Å². The van der Waals surface area contributed by atoms with E-state index < -0.39 is 30.3 Å². The van der Waals surface area contributed by atoms with E-state index in [9.17, 15) is 19.5 Å². The van der Waals surface area contributed by atoms with E-state index in [1.54, 1.807) is 54.6 Å². The number of rotatable bonds is 16. The number of carbonyl (C=O) groups is 3. The van der Waals surface area contributed by atoms with Crippen LogP contribution in [0.5, 0.6) is 0 Å². The molecule has 1 aliphatic carbocycles. The third-order valence-corrected chi connectivity index (χ3v) is 8.22. The van der Waals surface area contributed by atoms with Crippen molar-refractivity contribution in [2.45, 2.75) is 83.2 Å². The summed E-state index contributed by atoms with van der Waals surface area (Å²) in [4.78, 5) is 38.3. The van der Waals surface area contributed by atoms with Crippen LogP contribution in [0.4, 0.5) is 0 Å². The van der Waals surface area contributed by atoms with Crippen LogP contribution in [-0.2, 0) is 25.4 Å². The van der Waals surface area contributed by atoms with E-state index in [2.05, 4.69) is 0 Å². The van der Waals surface area contributed by atoms with E-state index in [0.717, 1.165) is 12.0 Å². The van der Waals surface area contributed by atoms with Crippen molar-refractivity contribution in [3.05, 3.63) is 132 Å². The van der Waals surface area contributed by atoms with Gasteiger partial charge >= 0.3 is 17.9 Å². The van der Waals surface area contributed by atoms with Gasteiger partial charge in [-0.3, -0.25) is 4.79 Å². The highest BCUT2D eigenvalue weighted by atomic mass is 16.6. The van der Waals surface area contributed by atoms with Crippen LogP contribution < -0.4 is 0 Å². The molecule has 4 rings (SSSR count). The largest absolute Gasteiger partial charge is 0.463 e. The predicted octanol–water partition coefficient (Wildman–Crippen LogP) is 7.69. The van der Waals surface area contributed by atoms with E-state index in [-0.39, 0.29) is 23.9 Å². The van der Waals surface area contributed by atoms with Gasteiger partial charge in [-0.25, -0.2) is 9.59 Å². The molecule has 1 fully saturated rings. The monoisotopic (exact) mass is 638 g/mol. The Morgan fingerprint density at radius 3 is 1.98 bits per heavy atom. The number of carbonyl (C=O) groups excluding carboxylic acids is 3. The number of hydrogen-bond acceptors (Lipinski definition) is 7. The summed E-state index contributed by atoms with van der Waals surface area (Å²) in [6, 6.07) is 27.7. The first-order chi connectivity index (χ1) is 22.8. The number of allylic oxidation sites excluding steroid dienone is 2. The zero-order valence-electron chi connectivity index (χ0n) is 27.3. The molecule has 5 atom stereocenters. The van der Waals surface area contributed by atoms with Crippen molar-refractivity contribution in [1.82, 2.24) is 0 Å². The first-order valence-electron chi connectivity index (χ1n) is 16.6. The van der Waals surface area contributed by atoms with Crippen LogP contribution in [0.15, 0.2) is 115 Å². The first-order valence-corrected chi connectivity index (χ1v) is 16.6. The normalized spacial score (nSPS) is 20.0. The molecule has 7 heteroatoms. The number of unbranched alkanes of at least 4 members (excludes halogenated alkanes) is 1. The second-order valence-corrected chi connectivity index (χ2v) is 12.2. The summed E-state index contributed by atoms with van der Waals surface area (Å²) in [7, 11) is 0. The highest BCUT2D eigenvalue weighted by Crippen LogP contribution is 2.41. The van der Waals surface area contributed by atoms with E-state index in [4.69, 9.17) is 14.2 Å². The Labute approximate surface area is 278 Å². The summed E-state index contributed by atoms with van der Waals surface area (Å²) in [6.45, 7) is 3.66. The third-order valence-electron chi connectivity index (χ3n) is 8.22. The van der Waals surface area contributed by atoms with Gasteiger partial charge in [0.2, 0.25) is 0 Å². The van der Waals surface area contributed by atoms with Crippen molar-refractivity contribution in [2.75, 3.05) is 0 Å². The van der Waals surface area contributed by atoms with Crippen LogP contribution in [0.2, 0.25) is 0 Å². The fourth-order valence-corrected chi connectivity index (χ4v) is 5.85. The molecule has 47 heavy (non-hydrogen) atoms. The van der Waals surface area contributed by atoms with Gasteiger partial charge < -0.3 is 19.3 Å². The fraction of sp³-hybridized carbons (Fsp3) is 0.375. The number of ether oxygens (including phenoxy) is 3. The number of aliphatic hydroxyl groups excluding tert-OH is 1. The summed E-state index contributed by atoms with van der Waals surface area (Å²) in [6.07, 6.45) is 9.66. The minimum atomic E-state index is -0.701. The Morgan fingerprint density at radius 1 is 0.809 bits per heavy atom. The number of hydrogen-bond donors (Lipinski definition) is 1. The Bertz CT molecular complexity index is 1450. The van der Waals surface area contributed by atoms with E-state index in [0.29, 0.717) is 49.7 Å². The average Bonchev–Trinajstić information content (AvgIpc) is 3.39.